The molecule has 3 nitrogen and oxygen atoms in total. The molecule has 0 spiro atoms. The van der Waals surface area contributed by atoms with Gasteiger partial charge < -0.3 is 0 Å². The summed E-state index contributed by atoms with van der Waals surface area (Å²) in [5.41, 5.74) is 6.26. The van der Waals surface area contributed by atoms with Gasteiger partial charge in [0, 0.05) is 17.8 Å². The maximum absolute atomic E-state index is 4.96. The minimum absolute atomic E-state index is 0.527. The fourth-order valence-electron chi connectivity index (χ4n) is 3.69. The van der Waals surface area contributed by atoms with Gasteiger partial charge in [0.15, 0.2) is 5.82 Å². The van der Waals surface area contributed by atoms with Gasteiger partial charge in [-0.25, -0.2) is 9.97 Å². The molecule has 1 atom stereocenters. The molecule has 0 radical (unpaired) electrons. The van der Waals surface area contributed by atoms with Crippen LogP contribution in [-0.2, 0) is 6.42 Å². The maximum Gasteiger partial charge on any atom is 0.159 e. The Morgan fingerprint density at radius 3 is 2.67 bits per heavy atom. The van der Waals surface area contributed by atoms with Crippen LogP contribution in [0.5, 0.6) is 0 Å². The largest absolute Gasteiger partial charge is 0.294 e. The van der Waals surface area contributed by atoms with E-state index in [2.05, 4.69) is 43.0 Å². The minimum atomic E-state index is 0.527. The molecule has 3 heterocycles. The molecule has 1 aromatic heterocycles. The van der Waals surface area contributed by atoms with Gasteiger partial charge in [-0.05, 0) is 45.2 Å². The lowest BCUT2D eigenvalue weighted by Crippen LogP contribution is -2.32. The van der Waals surface area contributed by atoms with E-state index in [0.29, 0.717) is 6.04 Å². The number of aryl methyl sites for hydroxylation is 2. The molecule has 1 unspecified atom stereocenters. The first-order valence-corrected chi connectivity index (χ1v) is 7.91. The average molecular weight is 279 g/mol. The summed E-state index contributed by atoms with van der Waals surface area (Å²) in [4.78, 5) is 12.3. The van der Waals surface area contributed by atoms with Crippen molar-refractivity contribution in [2.45, 2.75) is 39.2 Å². The number of benzene rings is 1. The van der Waals surface area contributed by atoms with Crippen LogP contribution in [0.3, 0.4) is 0 Å². The minimum Gasteiger partial charge on any atom is -0.294 e. The highest BCUT2D eigenvalue weighted by Crippen LogP contribution is 2.37. The molecule has 2 aromatic rings. The van der Waals surface area contributed by atoms with Gasteiger partial charge >= 0.3 is 0 Å². The molecule has 2 aliphatic rings. The van der Waals surface area contributed by atoms with Crippen LogP contribution in [-0.4, -0.2) is 28.0 Å². The summed E-state index contributed by atoms with van der Waals surface area (Å²) in [5.74, 6) is 0.889. The highest BCUT2D eigenvalue weighted by Gasteiger charge is 2.33. The second-order valence-corrected chi connectivity index (χ2v) is 6.31. The Labute approximate surface area is 126 Å². The normalized spacial score (nSPS) is 21.1. The van der Waals surface area contributed by atoms with Crippen molar-refractivity contribution in [3.8, 4) is 11.4 Å². The van der Waals surface area contributed by atoms with E-state index >= 15 is 0 Å². The number of fused-ring (bicyclic) bond motifs is 3. The Morgan fingerprint density at radius 2 is 1.86 bits per heavy atom. The lowest BCUT2D eigenvalue weighted by molar-refractivity contribution is 0.238. The summed E-state index contributed by atoms with van der Waals surface area (Å²) in [7, 11) is 0. The topological polar surface area (TPSA) is 29.0 Å². The monoisotopic (exact) mass is 279 g/mol. The molecule has 2 aliphatic heterocycles. The lowest BCUT2D eigenvalue weighted by Gasteiger charge is -2.31. The van der Waals surface area contributed by atoms with Crippen molar-refractivity contribution < 1.29 is 0 Å². The quantitative estimate of drug-likeness (QED) is 0.800. The van der Waals surface area contributed by atoms with Crippen LogP contribution in [0.4, 0.5) is 0 Å². The van der Waals surface area contributed by atoms with E-state index < -0.39 is 0 Å². The molecule has 4 rings (SSSR count). The number of rotatable bonds is 1. The van der Waals surface area contributed by atoms with Gasteiger partial charge in [0.1, 0.15) is 0 Å². The van der Waals surface area contributed by atoms with E-state index in [9.17, 15) is 0 Å². The fourth-order valence-corrected chi connectivity index (χ4v) is 3.69. The number of hydrogen-bond donors (Lipinski definition) is 0. The molecule has 0 saturated carbocycles. The zero-order valence-electron chi connectivity index (χ0n) is 12.8. The molecule has 0 aliphatic carbocycles. The number of nitrogens with zero attached hydrogens (tertiary/aromatic N) is 3. The molecule has 21 heavy (non-hydrogen) atoms. The Balaban J connectivity index is 1.82. The molecule has 1 saturated heterocycles. The van der Waals surface area contributed by atoms with Gasteiger partial charge in [0.2, 0.25) is 0 Å². The Morgan fingerprint density at radius 1 is 1.05 bits per heavy atom. The third-order valence-electron chi connectivity index (χ3n) is 4.88. The third-order valence-corrected chi connectivity index (χ3v) is 4.88. The predicted octanol–water partition coefficient (Wildman–Crippen LogP) is 3.45. The molecule has 3 heteroatoms. The van der Waals surface area contributed by atoms with Gasteiger partial charge in [-0.2, -0.15) is 0 Å². The van der Waals surface area contributed by atoms with Crippen LogP contribution in [0.1, 0.15) is 41.4 Å². The zero-order chi connectivity index (χ0) is 14.4. The molecular weight excluding hydrogens is 258 g/mol. The first kappa shape index (κ1) is 13.0. The van der Waals surface area contributed by atoms with Crippen LogP contribution in [0.2, 0.25) is 0 Å². The van der Waals surface area contributed by atoms with E-state index in [4.69, 9.17) is 9.97 Å². The first-order valence-electron chi connectivity index (χ1n) is 7.91. The van der Waals surface area contributed by atoms with Gasteiger partial charge in [-0.1, -0.05) is 29.8 Å². The van der Waals surface area contributed by atoms with Crippen molar-refractivity contribution in [1.82, 2.24) is 14.9 Å². The summed E-state index contributed by atoms with van der Waals surface area (Å²) in [5, 5.41) is 0. The third kappa shape index (κ3) is 2.16. The maximum atomic E-state index is 4.96. The summed E-state index contributed by atoms with van der Waals surface area (Å²) < 4.78 is 0. The van der Waals surface area contributed by atoms with Crippen LogP contribution in [0.15, 0.2) is 24.3 Å². The molecular formula is C18H21N3. The van der Waals surface area contributed by atoms with Crippen molar-refractivity contribution in [1.29, 1.82) is 0 Å². The standard InChI is InChI=1S/C18H21N3/c1-12-5-7-14(8-6-12)18-19-13(2)15-9-11-21-10-3-4-16(21)17(15)20-18/h5-8,16H,3-4,9-11H2,1-2H3. The smallest absolute Gasteiger partial charge is 0.159 e. The van der Waals surface area contributed by atoms with Crippen LogP contribution in [0.25, 0.3) is 11.4 Å². The molecule has 108 valence electrons. The SMILES string of the molecule is Cc1ccc(-c2nc(C)c3c(n2)C2CCCN2CC3)cc1. The predicted molar refractivity (Wildman–Crippen MR) is 84.2 cm³/mol. The molecule has 0 N–H and O–H groups in total. The second-order valence-electron chi connectivity index (χ2n) is 6.31. The highest BCUT2D eigenvalue weighted by atomic mass is 15.2. The van der Waals surface area contributed by atoms with Crippen molar-refractivity contribution in [3.63, 3.8) is 0 Å². The second kappa shape index (κ2) is 4.92. The van der Waals surface area contributed by atoms with E-state index in [1.807, 2.05) is 0 Å². The first-order chi connectivity index (χ1) is 10.2. The molecule has 0 bridgehead atoms. The van der Waals surface area contributed by atoms with Gasteiger partial charge in [-0.15, -0.1) is 0 Å². The lowest BCUT2D eigenvalue weighted by atomic mass is 9.96. The van der Waals surface area contributed by atoms with E-state index in [-0.39, 0.29) is 0 Å². The van der Waals surface area contributed by atoms with Crippen LogP contribution >= 0.6 is 0 Å². The summed E-state index contributed by atoms with van der Waals surface area (Å²) in [6.45, 7) is 6.65. The van der Waals surface area contributed by atoms with E-state index in [1.54, 1.807) is 0 Å². The number of hydrogen-bond acceptors (Lipinski definition) is 3. The van der Waals surface area contributed by atoms with Crippen LogP contribution < -0.4 is 0 Å². The van der Waals surface area contributed by atoms with Crippen molar-refractivity contribution in [2.75, 3.05) is 13.1 Å². The van der Waals surface area contributed by atoms with Gasteiger partial charge in [0.25, 0.3) is 0 Å². The summed E-state index contributed by atoms with van der Waals surface area (Å²) in [6.07, 6.45) is 3.65. The highest BCUT2D eigenvalue weighted by molar-refractivity contribution is 5.56. The van der Waals surface area contributed by atoms with Crippen molar-refractivity contribution >= 4 is 0 Å². The van der Waals surface area contributed by atoms with E-state index in [1.165, 1.54) is 48.4 Å². The van der Waals surface area contributed by atoms with Gasteiger partial charge in [-0.3, -0.25) is 4.90 Å². The number of aromatic nitrogens is 2. The molecule has 1 aromatic carbocycles. The average Bonchev–Trinajstić information content (AvgIpc) is 2.96. The van der Waals surface area contributed by atoms with Crippen molar-refractivity contribution in [2.24, 2.45) is 0 Å². The Bertz CT molecular complexity index is 676. The zero-order valence-corrected chi connectivity index (χ0v) is 12.8. The van der Waals surface area contributed by atoms with E-state index in [0.717, 1.165) is 17.8 Å². The van der Waals surface area contributed by atoms with Gasteiger partial charge in [0.05, 0.1) is 11.7 Å². The Hall–Kier alpha value is -1.74. The molecule has 0 amide bonds. The molecule has 1 fully saturated rings. The summed E-state index contributed by atoms with van der Waals surface area (Å²) >= 11 is 0. The summed E-state index contributed by atoms with van der Waals surface area (Å²) in [6, 6.07) is 9.06. The van der Waals surface area contributed by atoms with Crippen LogP contribution in [0, 0.1) is 13.8 Å². The fraction of sp³-hybridized carbons (Fsp3) is 0.444. The Kier molecular flexibility index (Phi) is 3.03. The van der Waals surface area contributed by atoms with Crippen molar-refractivity contribution in [3.05, 3.63) is 46.8 Å².